The maximum atomic E-state index is 12.8. The van der Waals surface area contributed by atoms with E-state index in [2.05, 4.69) is 10.4 Å². The summed E-state index contributed by atoms with van der Waals surface area (Å²) in [6.45, 7) is 6.29. The number of hydrogen-bond acceptors (Lipinski definition) is 4. The lowest BCUT2D eigenvalue weighted by Gasteiger charge is -2.13. The number of aromatic nitrogens is 2. The van der Waals surface area contributed by atoms with E-state index >= 15 is 0 Å². The molecule has 0 saturated heterocycles. The summed E-state index contributed by atoms with van der Waals surface area (Å²) in [6, 6.07) is 6.95. The average Bonchev–Trinajstić information content (AvgIpc) is 2.91. The third-order valence-electron chi connectivity index (χ3n) is 4.06. The van der Waals surface area contributed by atoms with Gasteiger partial charge >= 0.3 is 0 Å². The van der Waals surface area contributed by atoms with E-state index < -0.39 is 5.91 Å². The van der Waals surface area contributed by atoms with Crippen LogP contribution < -0.4 is 15.8 Å². The Bertz CT molecular complexity index is 783. The number of carbonyl (C=O) groups excluding carboxylic acids is 2. The molecule has 1 aromatic carbocycles. The Morgan fingerprint density at radius 1 is 1.32 bits per heavy atom. The van der Waals surface area contributed by atoms with Gasteiger partial charge < -0.3 is 15.8 Å². The van der Waals surface area contributed by atoms with Crippen molar-refractivity contribution in [3.05, 3.63) is 41.2 Å². The van der Waals surface area contributed by atoms with Crippen molar-refractivity contribution >= 4 is 17.5 Å². The Balaban J connectivity index is 2.46. The Labute approximate surface area is 147 Å². The van der Waals surface area contributed by atoms with Gasteiger partial charge in [0.25, 0.3) is 11.8 Å². The van der Waals surface area contributed by atoms with Crippen LogP contribution in [-0.2, 0) is 7.05 Å². The number of rotatable bonds is 7. The fraction of sp³-hybridized carbons (Fsp3) is 0.389. The van der Waals surface area contributed by atoms with Crippen molar-refractivity contribution in [1.82, 2.24) is 9.78 Å². The quantitative estimate of drug-likeness (QED) is 0.806. The van der Waals surface area contributed by atoms with Crippen LogP contribution in [0, 0.1) is 0 Å². The summed E-state index contributed by atoms with van der Waals surface area (Å²) >= 11 is 0. The Hall–Kier alpha value is -2.83. The molecule has 7 nitrogen and oxygen atoms in total. The van der Waals surface area contributed by atoms with Crippen molar-refractivity contribution in [3.8, 4) is 5.75 Å². The SMILES string of the molecule is CCOc1ccccc1C(=O)Nc1c(C(C)CC)nn(C)c1C(N)=O. The van der Waals surface area contributed by atoms with Crippen molar-refractivity contribution in [3.63, 3.8) is 0 Å². The summed E-state index contributed by atoms with van der Waals surface area (Å²) < 4.78 is 6.91. The Kier molecular flexibility index (Phi) is 5.80. The van der Waals surface area contributed by atoms with Crippen molar-refractivity contribution in [2.75, 3.05) is 11.9 Å². The van der Waals surface area contributed by atoms with Gasteiger partial charge in [-0.25, -0.2) is 0 Å². The fourth-order valence-corrected chi connectivity index (χ4v) is 2.61. The van der Waals surface area contributed by atoms with Gasteiger partial charge in [-0.05, 0) is 25.5 Å². The number of para-hydroxylation sites is 1. The van der Waals surface area contributed by atoms with Crippen LogP contribution in [0.3, 0.4) is 0 Å². The zero-order chi connectivity index (χ0) is 18.6. The normalized spacial score (nSPS) is 11.8. The first-order valence-corrected chi connectivity index (χ1v) is 8.30. The summed E-state index contributed by atoms with van der Waals surface area (Å²) in [6.07, 6.45) is 0.813. The maximum Gasteiger partial charge on any atom is 0.269 e. The van der Waals surface area contributed by atoms with E-state index in [1.54, 1.807) is 31.3 Å². The molecular weight excluding hydrogens is 320 g/mol. The molecule has 1 heterocycles. The third-order valence-corrected chi connectivity index (χ3v) is 4.06. The minimum Gasteiger partial charge on any atom is -0.493 e. The zero-order valence-electron chi connectivity index (χ0n) is 15.0. The molecule has 2 aromatic rings. The molecule has 1 atom stereocenters. The number of nitrogens with one attached hydrogen (secondary N) is 1. The molecule has 7 heteroatoms. The van der Waals surface area contributed by atoms with E-state index in [0.29, 0.717) is 29.3 Å². The van der Waals surface area contributed by atoms with Gasteiger partial charge in [-0.2, -0.15) is 5.10 Å². The highest BCUT2D eigenvalue weighted by molar-refractivity contribution is 6.10. The van der Waals surface area contributed by atoms with Crippen LogP contribution in [0.1, 0.15) is 59.7 Å². The van der Waals surface area contributed by atoms with Gasteiger partial charge in [0.05, 0.1) is 23.6 Å². The Morgan fingerprint density at radius 3 is 2.60 bits per heavy atom. The Morgan fingerprint density at radius 2 is 2.00 bits per heavy atom. The molecule has 1 aromatic heterocycles. The molecule has 25 heavy (non-hydrogen) atoms. The molecule has 0 spiro atoms. The van der Waals surface area contributed by atoms with Crippen LogP contribution in [0.15, 0.2) is 24.3 Å². The molecule has 0 bridgehead atoms. The largest absolute Gasteiger partial charge is 0.493 e. The smallest absolute Gasteiger partial charge is 0.269 e. The number of amides is 2. The first kappa shape index (κ1) is 18.5. The van der Waals surface area contributed by atoms with Crippen LogP contribution in [0.5, 0.6) is 5.75 Å². The van der Waals surface area contributed by atoms with Gasteiger partial charge in [0.15, 0.2) is 0 Å². The molecule has 0 radical (unpaired) electrons. The van der Waals surface area contributed by atoms with Crippen LogP contribution in [0.2, 0.25) is 0 Å². The summed E-state index contributed by atoms with van der Waals surface area (Å²) in [4.78, 5) is 24.6. The lowest BCUT2D eigenvalue weighted by molar-refractivity contribution is 0.0992. The van der Waals surface area contributed by atoms with Crippen LogP contribution in [0.25, 0.3) is 0 Å². The molecule has 0 aliphatic heterocycles. The molecule has 0 saturated carbocycles. The van der Waals surface area contributed by atoms with Gasteiger partial charge in [0, 0.05) is 13.0 Å². The van der Waals surface area contributed by atoms with Gasteiger partial charge in [0.1, 0.15) is 11.4 Å². The molecule has 2 amide bonds. The fourth-order valence-electron chi connectivity index (χ4n) is 2.61. The number of anilines is 1. The third kappa shape index (κ3) is 3.81. The number of aryl methyl sites for hydroxylation is 1. The number of benzene rings is 1. The summed E-state index contributed by atoms with van der Waals surface area (Å²) in [5.74, 6) is -0.462. The van der Waals surface area contributed by atoms with Gasteiger partial charge in [0.2, 0.25) is 0 Å². The van der Waals surface area contributed by atoms with Gasteiger partial charge in [-0.1, -0.05) is 26.0 Å². The molecule has 3 N–H and O–H groups in total. The molecule has 1 unspecified atom stereocenters. The van der Waals surface area contributed by atoms with E-state index in [0.717, 1.165) is 6.42 Å². The van der Waals surface area contributed by atoms with Crippen LogP contribution in [-0.4, -0.2) is 28.2 Å². The standard InChI is InChI=1S/C18H24N4O3/c1-5-11(3)14-15(16(17(19)23)22(4)21-14)20-18(24)12-9-7-8-10-13(12)25-6-2/h7-11H,5-6H2,1-4H3,(H2,19,23)(H,20,24). The van der Waals surface area contributed by atoms with E-state index in [4.69, 9.17) is 10.5 Å². The lowest BCUT2D eigenvalue weighted by Crippen LogP contribution is -2.21. The predicted molar refractivity (Wildman–Crippen MR) is 96.0 cm³/mol. The monoisotopic (exact) mass is 344 g/mol. The van der Waals surface area contributed by atoms with Gasteiger partial charge in [-0.15, -0.1) is 0 Å². The van der Waals surface area contributed by atoms with E-state index in [1.807, 2.05) is 20.8 Å². The number of primary amides is 1. The van der Waals surface area contributed by atoms with Gasteiger partial charge in [-0.3, -0.25) is 14.3 Å². The maximum absolute atomic E-state index is 12.8. The molecule has 0 fully saturated rings. The summed E-state index contributed by atoms with van der Waals surface area (Å²) in [7, 11) is 1.63. The number of carbonyl (C=O) groups is 2. The van der Waals surface area contributed by atoms with Crippen LogP contribution in [0.4, 0.5) is 5.69 Å². The van der Waals surface area contributed by atoms with E-state index in [1.165, 1.54) is 4.68 Å². The van der Waals surface area contributed by atoms with E-state index in [9.17, 15) is 9.59 Å². The zero-order valence-corrected chi connectivity index (χ0v) is 15.0. The number of hydrogen-bond donors (Lipinski definition) is 2. The van der Waals surface area contributed by atoms with Crippen LogP contribution >= 0.6 is 0 Å². The predicted octanol–water partition coefficient (Wildman–Crippen LogP) is 2.68. The highest BCUT2D eigenvalue weighted by Crippen LogP contribution is 2.30. The van der Waals surface area contributed by atoms with Crippen molar-refractivity contribution in [1.29, 1.82) is 0 Å². The summed E-state index contributed by atoms with van der Waals surface area (Å²) in [5.41, 5.74) is 7.05. The summed E-state index contributed by atoms with van der Waals surface area (Å²) in [5, 5.41) is 7.19. The van der Waals surface area contributed by atoms with E-state index in [-0.39, 0.29) is 17.5 Å². The second-order valence-electron chi connectivity index (χ2n) is 5.79. The lowest BCUT2D eigenvalue weighted by atomic mass is 10.0. The molecule has 2 rings (SSSR count). The number of ether oxygens (including phenoxy) is 1. The average molecular weight is 344 g/mol. The van der Waals surface area contributed by atoms with Crippen molar-refractivity contribution in [2.24, 2.45) is 12.8 Å². The first-order valence-electron chi connectivity index (χ1n) is 8.30. The second-order valence-corrected chi connectivity index (χ2v) is 5.79. The van der Waals surface area contributed by atoms with Crippen molar-refractivity contribution in [2.45, 2.75) is 33.1 Å². The number of nitrogens with zero attached hydrogens (tertiary/aromatic N) is 2. The minimum absolute atomic E-state index is 0.0664. The second kappa shape index (κ2) is 7.83. The minimum atomic E-state index is -0.641. The van der Waals surface area contributed by atoms with Crippen molar-refractivity contribution < 1.29 is 14.3 Å². The molecule has 134 valence electrons. The molecule has 0 aliphatic carbocycles. The highest BCUT2D eigenvalue weighted by atomic mass is 16.5. The molecular formula is C18H24N4O3. The highest BCUT2D eigenvalue weighted by Gasteiger charge is 2.25. The molecule has 0 aliphatic rings. The first-order chi connectivity index (χ1) is 11.9. The number of nitrogens with two attached hydrogens (primary N) is 1. The topological polar surface area (TPSA) is 99.2 Å².